The molecule has 10 aromatic carbocycles. The van der Waals surface area contributed by atoms with Crippen LogP contribution in [0.3, 0.4) is 0 Å². The predicted molar refractivity (Wildman–Crippen MR) is 263 cm³/mol. The minimum atomic E-state index is 0.875. The van der Waals surface area contributed by atoms with Gasteiger partial charge in [-0.1, -0.05) is 146 Å². The maximum Gasteiger partial charge on any atom is 0.143 e. The van der Waals surface area contributed by atoms with Crippen LogP contribution >= 0.6 is 0 Å². The number of fused-ring (bicyclic) bond motifs is 9. The number of furan rings is 2. The van der Waals surface area contributed by atoms with E-state index in [-0.39, 0.29) is 0 Å². The summed E-state index contributed by atoms with van der Waals surface area (Å²) in [5.74, 6) is 0. The smallest absolute Gasteiger partial charge is 0.143 e. The fraction of sp³-hybridized carbons (Fsp3) is 0. The fourth-order valence-electron chi connectivity index (χ4n) is 9.63. The Kier molecular flexibility index (Phi) is 7.91. The van der Waals surface area contributed by atoms with Gasteiger partial charge in [0.05, 0.1) is 0 Å². The molecule has 63 heavy (non-hydrogen) atoms. The third kappa shape index (κ3) is 5.89. The van der Waals surface area contributed by atoms with Gasteiger partial charge in [0.15, 0.2) is 0 Å². The summed E-state index contributed by atoms with van der Waals surface area (Å²) in [4.78, 5) is 3.72. The van der Waals surface area contributed by atoms with Gasteiger partial charge in [0, 0.05) is 54.5 Å². The van der Waals surface area contributed by atoms with Crippen LogP contribution in [0.5, 0.6) is 0 Å². The second-order valence-electron chi connectivity index (χ2n) is 16.5. The molecule has 3 aromatic heterocycles. The Morgan fingerprint density at radius 3 is 0.968 bits per heavy atom. The third-order valence-corrected chi connectivity index (χ3v) is 12.8. The van der Waals surface area contributed by atoms with Crippen molar-refractivity contribution in [3.05, 3.63) is 218 Å². The Hall–Kier alpha value is -8.40. The lowest BCUT2D eigenvalue weighted by molar-refractivity contribution is 0.669. The van der Waals surface area contributed by atoms with Gasteiger partial charge < -0.3 is 13.8 Å². The molecule has 0 aliphatic heterocycles. The normalized spacial score (nSPS) is 11.8. The Bertz CT molecular complexity index is 3620. The first-order valence-corrected chi connectivity index (χ1v) is 21.5. The van der Waals surface area contributed by atoms with E-state index >= 15 is 0 Å². The van der Waals surface area contributed by atoms with Gasteiger partial charge in [-0.3, -0.25) is 0 Å². The first-order chi connectivity index (χ1) is 31.2. The summed E-state index contributed by atoms with van der Waals surface area (Å²) in [5, 5.41) is 6.72. The van der Waals surface area contributed by atoms with Crippen molar-refractivity contribution in [3.8, 4) is 66.8 Å². The van der Waals surface area contributed by atoms with E-state index in [4.69, 9.17) is 8.83 Å². The van der Waals surface area contributed by atoms with Crippen molar-refractivity contribution in [2.75, 3.05) is 0 Å². The number of aromatic nitrogens is 1. The standard InChI is InChI=1S/C60H37NO2/c1-5-13-37(14-6-1)41-23-27-57-51(29-41)53-35-45(39-17-9-3-10-18-39)33-47(59(53)62-57)43-21-25-55-49(31-43)50-32-44(22-26-56(50)61-55)48-34-46(40-19-11-4-12-20-40)36-54-52-30-42(38-15-7-2-8-16-38)24-28-58(52)63-60(48)54/h1-36,61H. The van der Waals surface area contributed by atoms with Gasteiger partial charge >= 0.3 is 0 Å². The molecule has 13 aromatic rings. The highest BCUT2D eigenvalue weighted by atomic mass is 16.3. The van der Waals surface area contributed by atoms with Crippen molar-refractivity contribution < 1.29 is 8.83 Å². The first kappa shape index (κ1) is 35.4. The lowest BCUT2D eigenvalue weighted by Gasteiger charge is -2.09. The summed E-state index contributed by atoms with van der Waals surface area (Å²) in [6.45, 7) is 0. The molecule has 0 amide bonds. The highest BCUT2D eigenvalue weighted by Crippen LogP contribution is 2.44. The Labute approximate surface area is 363 Å². The quantitative estimate of drug-likeness (QED) is 0.182. The number of nitrogens with one attached hydrogen (secondary N) is 1. The SMILES string of the molecule is c1ccc(-c2ccc3oc4c(-c5ccc6[nH]c7ccc(-c8cc(-c9ccccc9)cc9c8oc8ccc(-c%10ccccc%10)cc89)cc7c6c5)cc(-c5ccccc5)cc4c3c2)cc1. The molecule has 3 heteroatoms. The second-order valence-corrected chi connectivity index (χ2v) is 16.5. The highest BCUT2D eigenvalue weighted by molar-refractivity contribution is 6.16. The number of H-pyrrole nitrogens is 1. The molecule has 0 saturated carbocycles. The molecule has 1 N–H and O–H groups in total. The summed E-state index contributed by atoms with van der Waals surface area (Å²) in [6, 6.07) is 78.1. The average molecular weight is 804 g/mol. The number of hydrogen-bond acceptors (Lipinski definition) is 2. The molecule has 0 radical (unpaired) electrons. The summed E-state index contributed by atoms with van der Waals surface area (Å²) in [6.07, 6.45) is 0. The van der Waals surface area contributed by atoms with Crippen LogP contribution < -0.4 is 0 Å². The number of benzene rings is 10. The summed E-state index contributed by atoms with van der Waals surface area (Å²) in [7, 11) is 0. The zero-order valence-corrected chi connectivity index (χ0v) is 34.1. The maximum atomic E-state index is 6.81. The molecule has 0 aliphatic rings. The maximum absolute atomic E-state index is 6.81. The van der Waals surface area contributed by atoms with Gasteiger partial charge in [-0.25, -0.2) is 0 Å². The zero-order chi connectivity index (χ0) is 41.4. The van der Waals surface area contributed by atoms with Gasteiger partial charge in [0.25, 0.3) is 0 Å². The van der Waals surface area contributed by atoms with Crippen molar-refractivity contribution in [3.63, 3.8) is 0 Å². The molecule has 3 heterocycles. The van der Waals surface area contributed by atoms with Crippen LogP contribution in [0.25, 0.3) is 132 Å². The van der Waals surface area contributed by atoms with Crippen molar-refractivity contribution in [2.24, 2.45) is 0 Å². The van der Waals surface area contributed by atoms with Crippen LogP contribution in [-0.2, 0) is 0 Å². The lowest BCUT2D eigenvalue weighted by atomic mass is 9.93. The predicted octanol–water partition coefficient (Wildman–Crippen LogP) is 17.1. The molecule has 0 unspecified atom stereocenters. The molecular formula is C60H37NO2. The topological polar surface area (TPSA) is 42.1 Å². The van der Waals surface area contributed by atoms with Crippen LogP contribution in [0.1, 0.15) is 0 Å². The molecular weight excluding hydrogens is 767 g/mol. The molecule has 0 saturated heterocycles. The Morgan fingerprint density at radius 2 is 0.571 bits per heavy atom. The van der Waals surface area contributed by atoms with E-state index in [1.165, 1.54) is 22.3 Å². The van der Waals surface area contributed by atoms with Crippen LogP contribution in [0.2, 0.25) is 0 Å². The van der Waals surface area contributed by atoms with Gasteiger partial charge in [-0.2, -0.15) is 0 Å². The largest absolute Gasteiger partial charge is 0.455 e. The van der Waals surface area contributed by atoms with E-state index in [0.29, 0.717) is 0 Å². The molecule has 0 atom stereocenters. The van der Waals surface area contributed by atoms with Crippen molar-refractivity contribution in [1.82, 2.24) is 4.98 Å². The zero-order valence-electron chi connectivity index (χ0n) is 34.1. The van der Waals surface area contributed by atoms with Gasteiger partial charge in [0.2, 0.25) is 0 Å². The Balaban J connectivity index is 1.00. The fourth-order valence-corrected chi connectivity index (χ4v) is 9.63. The lowest BCUT2D eigenvalue weighted by Crippen LogP contribution is -1.85. The van der Waals surface area contributed by atoms with E-state index in [2.05, 4.69) is 223 Å². The monoisotopic (exact) mass is 803 g/mol. The molecule has 294 valence electrons. The molecule has 0 bridgehead atoms. The van der Waals surface area contributed by atoms with Crippen LogP contribution in [-0.4, -0.2) is 4.98 Å². The minimum absolute atomic E-state index is 0.875. The van der Waals surface area contributed by atoms with Gasteiger partial charge in [-0.15, -0.1) is 0 Å². The van der Waals surface area contributed by atoms with Gasteiger partial charge in [0.1, 0.15) is 22.3 Å². The van der Waals surface area contributed by atoms with E-state index in [9.17, 15) is 0 Å². The minimum Gasteiger partial charge on any atom is -0.455 e. The van der Waals surface area contributed by atoms with E-state index in [1.807, 2.05) is 0 Å². The third-order valence-electron chi connectivity index (χ3n) is 12.8. The summed E-state index contributed by atoms with van der Waals surface area (Å²) >= 11 is 0. The highest BCUT2D eigenvalue weighted by Gasteiger charge is 2.20. The molecule has 0 spiro atoms. The second kappa shape index (κ2) is 14.1. The molecule has 13 rings (SSSR count). The number of aromatic amines is 1. The summed E-state index contributed by atoms with van der Waals surface area (Å²) in [5.41, 5.74) is 19.3. The van der Waals surface area contributed by atoms with Gasteiger partial charge in [-0.05, 0) is 128 Å². The van der Waals surface area contributed by atoms with Crippen LogP contribution in [0, 0.1) is 0 Å². The van der Waals surface area contributed by atoms with E-state index in [0.717, 1.165) is 110 Å². The van der Waals surface area contributed by atoms with Crippen LogP contribution in [0.4, 0.5) is 0 Å². The van der Waals surface area contributed by atoms with Crippen molar-refractivity contribution in [1.29, 1.82) is 0 Å². The summed E-state index contributed by atoms with van der Waals surface area (Å²) < 4.78 is 13.6. The molecule has 3 nitrogen and oxygen atoms in total. The Morgan fingerprint density at radius 1 is 0.238 bits per heavy atom. The number of rotatable bonds is 6. The van der Waals surface area contributed by atoms with E-state index < -0.39 is 0 Å². The molecule has 0 fully saturated rings. The van der Waals surface area contributed by atoms with Crippen molar-refractivity contribution in [2.45, 2.75) is 0 Å². The van der Waals surface area contributed by atoms with Crippen LogP contribution in [0.15, 0.2) is 227 Å². The van der Waals surface area contributed by atoms with Crippen molar-refractivity contribution >= 4 is 65.7 Å². The number of hydrogen-bond donors (Lipinski definition) is 1. The average Bonchev–Trinajstić information content (AvgIpc) is 4.05. The molecule has 0 aliphatic carbocycles. The van der Waals surface area contributed by atoms with E-state index in [1.54, 1.807) is 0 Å². The first-order valence-electron chi connectivity index (χ1n) is 21.5.